The van der Waals surface area contributed by atoms with E-state index in [1.807, 2.05) is 20.8 Å². The number of nitrogens with zero attached hydrogens (tertiary/aromatic N) is 3. The minimum absolute atomic E-state index is 0.0516. The van der Waals surface area contributed by atoms with Crippen LogP contribution in [0.3, 0.4) is 0 Å². The number of carboxylic acid groups (broad SMARTS) is 1. The summed E-state index contributed by atoms with van der Waals surface area (Å²) in [4.78, 5) is 74.2. The Labute approximate surface area is 302 Å². The van der Waals surface area contributed by atoms with Crippen molar-refractivity contribution in [1.82, 2.24) is 20.5 Å². The molecule has 0 spiro atoms. The van der Waals surface area contributed by atoms with Crippen LogP contribution in [-0.2, 0) is 35.2 Å². The molecule has 16 heteroatoms. The van der Waals surface area contributed by atoms with Gasteiger partial charge >= 0.3 is 11.9 Å². The first kappa shape index (κ1) is 41.3. The first-order valence-electron chi connectivity index (χ1n) is 17.3. The molecule has 3 amide bonds. The standard InChI is InChI=1S/C36H50N6O10/c1-22(2)33-24(4)12-13-30(44)38-15-7-9-23(3)17-26(43)18-25(41-51-21-31(45)39-27(35(47)48)10-5-6-14-37)19-32-40-28(20-50-32)34(46)42-16-8-11-29(42)36(49)52-33/h7,9,11-13,17,20,22,24,26-27,33,43H,5-6,8,10,14-16,18-19,21,37H2,1-4H3,(H,38,44)(H,39,45)(H,47,48)/b9-7+,13-12+,23-17+,41-25-/t24-,26-,27+,33-/m1/s1. The van der Waals surface area contributed by atoms with Gasteiger partial charge in [-0.3, -0.25) is 14.4 Å². The van der Waals surface area contributed by atoms with Gasteiger partial charge in [-0.05, 0) is 51.1 Å². The lowest BCUT2D eigenvalue weighted by atomic mass is 9.94. The second kappa shape index (κ2) is 20.7. The molecule has 0 aliphatic carbocycles. The van der Waals surface area contributed by atoms with Gasteiger partial charge in [0, 0.05) is 25.4 Å². The van der Waals surface area contributed by atoms with Crippen molar-refractivity contribution in [3.05, 3.63) is 65.6 Å². The number of carbonyl (C=O) groups is 5. The van der Waals surface area contributed by atoms with Gasteiger partial charge in [-0.2, -0.15) is 0 Å². The van der Waals surface area contributed by atoms with E-state index in [2.05, 4.69) is 20.8 Å². The monoisotopic (exact) mass is 726 g/mol. The number of oxazole rings is 1. The van der Waals surface area contributed by atoms with Gasteiger partial charge in [-0.25, -0.2) is 14.6 Å². The zero-order chi connectivity index (χ0) is 38.2. The molecule has 6 N–H and O–H groups in total. The molecular formula is C36H50N6O10. The number of unbranched alkanes of at least 4 members (excludes halogenated alkanes) is 1. The Hall–Kier alpha value is -5.09. The summed E-state index contributed by atoms with van der Waals surface area (Å²) in [6, 6.07) is -1.12. The molecule has 0 saturated carbocycles. The number of rotatable bonds is 10. The topological polar surface area (TPSA) is 236 Å². The number of aliphatic carboxylic acids is 1. The Morgan fingerprint density at radius 2 is 2.00 bits per heavy atom. The summed E-state index contributed by atoms with van der Waals surface area (Å²) >= 11 is 0. The van der Waals surface area contributed by atoms with Crippen LogP contribution in [0.5, 0.6) is 0 Å². The first-order chi connectivity index (χ1) is 24.8. The highest BCUT2D eigenvalue weighted by Crippen LogP contribution is 2.24. The average molecular weight is 727 g/mol. The maximum Gasteiger partial charge on any atom is 0.355 e. The molecule has 0 radical (unpaired) electrons. The van der Waals surface area contributed by atoms with E-state index in [1.165, 1.54) is 11.0 Å². The predicted octanol–water partition coefficient (Wildman–Crippen LogP) is 2.16. The van der Waals surface area contributed by atoms with Crippen LogP contribution < -0.4 is 16.4 Å². The lowest BCUT2D eigenvalue weighted by Gasteiger charge is -2.27. The summed E-state index contributed by atoms with van der Waals surface area (Å²) in [7, 11) is 0. The average Bonchev–Trinajstić information content (AvgIpc) is 3.77. The molecule has 16 nitrogen and oxygen atoms in total. The molecule has 2 bridgehead atoms. The molecule has 1 aromatic heterocycles. The van der Waals surface area contributed by atoms with Gasteiger partial charge in [0.2, 0.25) is 11.8 Å². The number of ether oxygens (including phenoxy) is 1. The third kappa shape index (κ3) is 13.2. The van der Waals surface area contributed by atoms with Crippen LogP contribution in [0.25, 0.3) is 0 Å². The van der Waals surface area contributed by atoms with Crippen LogP contribution in [0, 0.1) is 11.8 Å². The summed E-state index contributed by atoms with van der Waals surface area (Å²) in [6.45, 7) is 7.61. The van der Waals surface area contributed by atoms with Gasteiger partial charge in [0.25, 0.3) is 11.8 Å². The number of hydrogen-bond acceptors (Lipinski definition) is 12. The van der Waals surface area contributed by atoms with Gasteiger partial charge in [0.1, 0.15) is 24.1 Å². The Balaban J connectivity index is 1.86. The van der Waals surface area contributed by atoms with E-state index in [-0.39, 0.29) is 73.1 Å². The fraction of sp³-hybridized carbons (Fsp3) is 0.528. The fourth-order valence-corrected chi connectivity index (χ4v) is 5.58. The minimum Gasteiger partial charge on any atom is -0.480 e. The number of aliphatic hydroxyl groups is 1. The van der Waals surface area contributed by atoms with Gasteiger partial charge in [0.15, 0.2) is 12.3 Å². The van der Waals surface area contributed by atoms with E-state index in [9.17, 15) is 34.2 Å². The quantitative estimate of drug-likeness (QED) is 0.133. The van der Waals surface area contributed by atoms with Crippen molar-refractivity contribution in [2.75, 3.05) is 26.2 Å². The molecule has 0 aromatic carbocycles. The maximum absolute atomic E-state index is 13.5. The van der Waals surface area contributed by atoms with Crippen LogP contribution in [0.2, 0.25) is 0 Å². The normalized spacial score (nSPS) is 24.5. The second-order valence-electron chi connectivity index (χ2n) is 13.0. The summed E-state index contributed by atoms with van der Waals surface area (Å²) < 4.78 is 11.4. The molecule has 1 aromatic rings. The molecule has 52 heavy (non-hydrogen) atoms. The molecule has 2 aliphatic rings. The Morgan fingerprint density at radius 3 is 2.71 bits per heavy atom. The molecule has 3 heterocycles. The summed E-state index contributed by atoms with van der Waals surface area (Å²) in [5.74, 6) is -3.87. The molecule has 0 saturated heterocycles. The Kier molecular flexibility index (Phi) is 16.4. The zero-order valence-electron chi connectivity index (χ0n) is 30.1. The number of hydrogen-bond donors (Lipinski definition) is 5. The number of aliphatic hydroxyl groups excluding tert-OH is 1. The van der Waals surface area contributed by atoms with E-state index in [1.54, 1.807) is 37.3 Å². The SMILES string of the molecule is CC1=C\[C@@H](O)C/C(=N/OCC(=O)N[C@@H](CCCCN)C(=O)O)Cc2nc(co2)C(=O)N2CCC=C2C(=O)O[C@H](C(C)C)[C@H](C)/C=C/C(=O)NC\C=C\1. The maximum atomic E-state index is 13.5. The van der Waals surface area contributed by atoms with E-state index in [0.717, 1.165) is 6.26 Å². The van der Waals surface area contributed by atoms with Crippen molar-refractivity contribution in [2.24, 2.45) is 22.7 Å². The smallest absolute Gasteiger partial charge is 0.355 e. The Bertz CT molecular complexity index is 1580. The summed E-state index contributed by atoms with van der Waals surface area (Å²) in [6.07, 6.45) is 10.7. The number of carbonyl (C=O) groups excluding carboxylic acids is 4. The fourth-order valence-electron chi connectivity index (χ4n) is 5.58. The Morgan fingerprint density at radius 1 is 1.23 bits per heavy atom. The number of cyclic esters (lactones) is 1. The highest BCUT2D eigenvalue weighted by molar-refractivity contribution is 6.00. The molecule has 284 valence electrons. The van der Waals surface area contributed by atoms with Crippen molar-refractivity contribution in [1.29, 1.82) is 0 Å². The molecule has 4 atom stereocenters. The number of allylic oxidation sites excluding steroid dienone is 2. The highest BCUT2D eigenvalue weighted by Gasteiger charge is 2.33. The number of carboxylic acids is 1. The lowest BCUT2D eigenvalue weighted by molar-refractivity contribution is -0.150. The number of esters is 1. The van der Waals surface area contributed by atoms with E-state index in [0.29, 0.717) is 31.4 Å². The van der Waals surface area contributed by atoms with Crippen molar-refractivity contribution >= 4 is 35.4 Å². The third-order valence-corrected chi connectivity index (χ3v) is 8.18. The van der Waals surface area contributed by atoms with Gasteiger partial charge < -0.3 is 45.5 Å². The molecule has 0 unspecified atom stereocenters. The van der Waals surface area contributed by atoms with Crippen LogP contribution in [0.15, 0.2) is 63.6 Å². The molecule has 3 rings (SSSR count). The van der Waals surface area contributed by atoms with Crippen LogP contribution >= 0.6 is 0 Å². The minimum atomic E-state index is -1.19. The summed E-state index contributed by atoms with van der Waals surface area (Å²) in [5.41, 5.74) is 6.35. The number of nitrogens with one attached hydrogen (secondary N) is 2. The highest BCUT2D eigenvalue weighted by atomic mass is 16.6. The lowest BCUT2D eigenvalue weighted by Crippen LogP contribution is -2.42. The molecular weight excluding hydrogens is 676 g/mol. The van der Waals surface area contributed by atoms with E-state index < -0.39 is 48.6 Å². The number of fused-ring (bicyclic) bond motifs is 3. The number of amides is 3. The predicted molar refractivity (Wildman–Crippen MR) is 189 cm³/mol. The molecule has 2 aliphatic heterocycles. The third-order valence-electron chi connectivity index (χ3n) is 8.18. The van der Waals surface area contributed by atoms with E-state index >= 15 is 0 Å². The van der Waals surface area contributed by atoms with Gasteiger partial charge in [-0.1, -0.05) is 61.9 Å². The number of nitrogens with two attached hydrogens (primary N) is 1. The second-order valence-corrected chi connectivity index (χ2v) is 13.0. The number of oxime groups is 1. The van der Waals surface area contributed by atoms with Gasteiger partial charge in [0.05, 0.1) is 18.2 Å². The van der Waals surface area contributed by atoms with Crippen molar-refractivity contribution in [2.45, 2.75) is 84.5 Å². The van der Waals surface area contributed by atoms with Crippen LogP contribution in [-0.4, -0.2) is 100.0 Å². The van der Waals surface area contributed by atoms with Crippen molar-refractivity contribution in [3.8, 4) is 0 Å². The van der Waals surface area contributed by atoms with Gasteiger partial charge in [-0.15, -0.1) is 0 Å². The van der Waals surface area contributed by atoms with Crippen LogP contribution in [0.4, 0.5) is 0 Å². The number of aromatic nitrogens is 1. The first-order valence-corrected chi connectivity index (χ1v) is 17.3. The zero-order valence-corrected chi connectivity index (χ0v) is 30.1. The van der Waals surface area contributed by atoms with Crippen molar-refractivity contribution in [3.63, 3.8) is 0 Å². The summed E-state index contributed by atoms with van der Waals surface area (Å²) in [5, 5.41) is 29.5. The van der Waals surface area contributed by atoms with Crippen LogP contribution in [0.1, 0.15) is 76.2 Å². The molecule has 0 fully saturated rings. The largest absolute Gasteiger partial charge is 0.480 e. The van der Waals surface area contributed by atoms with E-state index in [4.69, 9.17) is 19.7 Å². The van der Waals surface area contributed by atoms with Crippen molar-refractivity contribution < 1.29 is 48.2 Å².